The first-order valence-electron chi connectivity index (χ1n) is 10.8. The van der Waals surface area contributed by atoms with Crippen LogP contribution >= 0.6 is 0 Å². The van der Waals surface area contributed by atoms with Crippen molar-refractivity contribution in [3.8, 4) is 0 Å². The van der Waals surface area contributed by atoms with Crippen molar-refractivity contribution in [1.29, 1.82) is 0 Å². The molecule has 0 unspecified atom stereocenters. The maximum Gasteiger partial charge on any atom is 0.235 e. The summed E-state index contributed by atoms with van der Waals surface area (Å²) in [5, 5.41) is 23.6. The molecule has 29 heavy (non-hydrogen) atoms. The molecule has 5 nitrogen and oxygen atoms in total. The molecular weight excluding hydrogens is 366 g/mol. The molecule has 2 aliphatic carbocycles. The lowest BCUT2D eigenvalue weighted by Crippen LogP contribution is -2.51. The summed E-state index contributed by atoms with van der Waals surface area (Å²) in [6.45, 7) is 10.4. The molecule has 0 bridgehead atoms. The number of hydrogen-bond acceptors (Lipinski definition) is 4. The molecule has 0 aromatic rings. The van der Waals surface area contributed by atoms with Crippen LogP contribution in [0.3, 0.4) is 0 Å². The summed E-state index contributed by atoms with van der Waals surface area (Å²) in [7, 11) is 0. The molecule has 160 valence electrons. The maximum absolute atomic E-state index is 13.6. The van der Waals surface area contributed by atoms with E-state index >= 15 is 0 Å². The zero-order valence-corrected chi connectivity index (χ0v) is 18.2. The van der Waals surface area contributed by atoms with Gasteiger partial charge in [0.05, 0.1) is 12.2 Å². The minimum atomic E-state index is -1.20. The molecular formula is C24H35NO4. The standard InChI is InChI=1S/C24H35NO4/c1-13(2)10-18-22-16(5)15(4)12-17-11-14(3)6-7-19(26)20(27)8-9-21(28)24(17,22)23(29)25-18/h8-9,11-13,16-20,22,26-27H,6-7,10H2,1-5H3,(H,25,29)/b9-8+,14-11+/t16-,17+,18-,19+,20-,22-,24-/m1/s1. The Morgan fingerprint density at radius 1 is 1.21 bits per heavy atom. The molecule has 1 spiro atoms. The lowest BCUT2D eigenvalue weighted by molar-refractivity contribution is -0.142. The molecule has 0 saturated carbocycles. The van der Waals surface area contributed by atoms with Crippen molar-refractivity contribution < 1.29 is 19.8 Å². The van der Waals surface area contributed by atoms with Crippen molar-refractivity contribution in [2.75, 3.05) is 0 Å². The third-order valence-electron chi connectivity index (χ3n) is 7.15. The molecule has 1 heterocycles. The van der Waals surface area contributed by atoms with Gasteiger partial charge in [0.15, 0.2) is 5.78 Å². The highest BCUT2D eigenvalue weighted by Crippen LogP contribution is 2.55. The van der Waals surface area contributed by atoms with E-state index in [1.807, 2.05) is 13.0 Å². The van der Waals surface area contributed by atoms with Crippen LogP contribution in [0.1, 0.15) is 53.9 Å². The Hall–Kier alpha value is -1.72. The Kier molecular flexibility index (Phi) is 6.21. The molecule has 1 amide bonds. The van der Waals surface area contributed by atoms with Crippen LogP contribution in [0.2, 0.25) is 0 Å². The number of allylic oxidation sites excluding steroid dienone is 5. The highest BCUT2D eigenvalue weighted by Gasteiger charge is 2.64. The number of amides is 1. The van der Waals surface area contributed by atoms with E-state index in [4.69, 9.17) is 0 Å². The fraction of sp³-hybridized carbons (Fsp3) is 0.667. The zero-order chi connectivity index (χ0) is 21.5. The zero-order valence-electron chi connectivity index (χ0n) is 18.2. The molecule has 7 atom stereocenters. The Balaban J connectivity index is 2.20. The van der Waals surface area contributed by atoms with Gasteiger partial charge in [0.2, 0.25) is 5.91 Å². The largest absolute Gasteiger partial charge is 0.390 e. The lowest BCUT2D eigenvalue weighted by Gasteiger charge is -2.44. The van der Waals surface area contributed by atoms with Gasteiger partial charge in [0.1, 0.15) is 5.41 Å². The van der Waals surface area contributed by atoms with Crippen LogP contribution in [-0.4, -0.2) is 40.2 Å². The molecule has 0 aromatic carbocycles. The summed E-state index contributed by atoms with van der Waals surface area (Å²) in [4.78, 5) is 27.1. The predicted octanol–water partition coefficient (Wildman–Crippen LogP) is 2.93. The number of aliphatic hydroxyl groups is 2. The van der Waals surface area contributed by atoms with Crippen LogP contribution in [0, 0.1) is 29.1 Å². The summed E-state index contributed by atoms with van der Waals surface area (Å²) in [6, 6.07) is -0.0599. The van der Waals surface area contributed by atoms with Gasteiger partial charge in [-0.1, -0.05) is 50.1 Å². The van der Waals surface area contributed by atoms with E-state index in [1.165, 1.54) is 17.7 Å². The maximum atomic E-state index is 13.6. The van der Waals surface area contributed by atoms with Crippen LogP contribution in [-0.2, 0) is 9.59 Å². The number of rotatable bonds is 2. The third kappa shape index (κ3) is 3.75. The van der Waals surface area contributed by atoms with Crippen molar-refractivity contribution in [2.24, 2.45) is 29.1 Å². The molecule has 1 saturated heterocycles. The Morgan fingerprint density at radius 2 is 1.90 bits per heavy atom. The normalized spacial score (nSPS) is 43.4. The third-order valence-corrected chi connectivity index (χ3v) is 7.15. The number of nitrogens with one attached hydrogen (secondary N) is 1. The summed E-state index contributed by atoms with van der Waals surface area (Å²) in [6.07, 6.45) is 6.60. The average molecular weight is 402 g/mol. The second kappa shape index (κ2) is 8.19. The first-order chi connectivity index (χ1) is 13.6. The Morgan fingerprint density at radius 3 is 2.55 bits per heavy atom. The van der Waals surface area contributed by atoms with Crippen molar-refractivity contribution >= 4 is 11.7 Å². The summed E-state index contributed by atoms with van der Waals surface area (Å²) < 4.78 is 0. The SMILES string of the molecule is CC1=C[C@@H]2/C=C(\C)CC[C@H](O)[C@H](O)/C=C/C(=O)[C@]23C(=O)N[C@H](CC(C)C)[C@H]3[C@@H]1C. The molecule has 0 radical (unpaired) electrons. The Bertz CT molecular complexity index is 765. The van der Waals surface area contributed by atoms with Crippen molar-refractivity contribution in [3.05, 3.63) is 35.5 Å². The van der Waals surface area contributed by atoms with E-state index in [0.717, 1.165) is 12.0 Å². The fourth-order valence-electron chi connectivity index (χ4n) is 5.53. The number of ketones is 1. The van der Waals surface area contributed by atoms with Crippen LogP contribution in [0.4, 0.5) is 0 Å². The smallest absolute Gasteiger partial charge is 0.235 e. The van der Waals surface area contributed by atoms with Gasteiger partial charge in [-0.15, -0.1) is 0 Å². The van der Waals surface area contributed by atoms with Gasteiger partial charge in [0.25, 0.3) is 0 Å². The van der Waals surface area contributed by atoms with Gasteiger partial charge >= 0.3 is 0 Å². The highest BCUT2D eigenvalue weighted by molar-refractivity contribution is 6.13. The molecule has 3 aliphatic rings. The van der Waals surface area contributed by atoms with Gasteiger partial charge in [-0.25, -0.2) is 0 Å². The first kappa shape index (κ1) is 22.0. The van der Waals surface area contributed by atoms with Crippen LogP contribution in [0.15, 0.2) is 35.5 Å². The molecule has 3 rings (SSSR count). The minimum Gasteiger partial charge on any atom is -0.390 e. The van der Waals surface area contributed by atoms with Crippen molar-refractivity contribution in [1.82, 2.24) is 5.32 Å². The minimum absolute atomic E-state index is 0.0599. The van der Waals surface area contributed by atoms with E-state index in [-0.39, 0.29) is 35.5 Å². The number of aliphatic hydroxyl groups excluding tert-OH is 2. The molecule has 1 fully saturated rings. The van der Waals surface area contributed by atoms with Gasteiger partial charge in [-0.2, -0.15) is 0 Å². The monoisotopic (exact) mass is 401 g/mol. The van der Waals surface area contributed by atoms with Crippen LogP contribution < -0.4 is 5.32 Å². The van der Waals surface area contributed by atoms with Gasteiger partial charge in [-0.3, -0.25) is 9.59 Å². The number of carbonyl (C=O) groups is 2. The predicted molar refractivity (Wildman–Crippen MR) is 113 cm³/mol. The van der Waals surface area contributed by atoms with Crippen molar-refractivity contribution in [3.63, 3.8) is 0 Å². The van der Waals surface area contributed by atoms with Gasteiger partial charge in [-0.05, 0) is 51.0 Å². The quantitative estimate of drug-likeness (QED) is 0.490. The van der Waals surface area contributed by atoms with Gasteiger partial charge in [0, 0.05) is 17.9 Å². The van der Waals surface area contributed by atoms with Gasteiger partial charge < -0.3 is 15.5 Å². The summed E-state index contributed by atoms with van der Waals surface area (Å²) >= 11 is 0. The van der Waals surface area contributed by atoms with Crippen molar-refractivity contribution in [2.45, 2.75) is 72.1 Å². The van der Waals surface area contributed by atoms with Crippen LogP contribution in [0.25, 0.3) is 0 Å². The van der Waals surface area contributed by atoms with E-state index in [9.17, 15) is 19.8 Å². The fourth-order valence-corrected chi connectivity index (χ4v) is 5.53. The van der Waals surface area contributed by atoms with E-state index < -0.39 is 17.6 Å². The first-order valence-corrected chi connectivity index (χ1v) is 10.8. The highest BCUT2D eigenvalue weighted by atomic mass is 16.3. The molecule has 1 aliphatic heterocycles. The number of carbonyl (C=O) groups excluding carboxylic acids is 2. The average Bonchev–Trinajstić information content (AvgIpc) is 2.93. The Labute approximate surface area is 174 Å². The molecule has 0 aromatic heterocycles. The van der Waals surface area contributed by atoms with E-state index in [2.05, 4.69) is 39.1 Å². The van der Waals surface area contributed by atoms with E-state index in [1.54, 1.807) is 0 Å². The summed E-state index contributed by atoms with van der Waals surface area (Å²) in [5.74, 6) is -0.455. The topological polar surface area (TPSA) is 86.6 Å². The molecule has 3 N–H and O–H groups in total. The second-order valence-electron chi connectivity index (χ2n) is 9.66. The molecule has 5 heteroatoms. The van der Waals surface area contributed by atoms with Crippen LogP contribution in [0.5, 0.6) is 0 Å². The number of hydrogen-bond donors (Lipinski definition) is 3. The van der Waals surface area contributed by atoms with E-state index in [0.29, 0.717) is 18.8 Å². The lowest BCUT2D eigenvalue weighted by atomic mass is 9.55. The second-order valence-corrected chi connectivity index (χ2v) is 9.66. The summed E-state index contributed by atoms with van der Waals surface area (Å²) in [5.41, 5.74) is 1.02.